The number of rotatable bonds is 4. The monoisotopic (exact) mass is 392 g/mol. The highest BCUT2D eigenvalue weighted by Gasteiger charge is 2.60. The number of fused-ring (bicyclic) bond motifs is 3. The van der Waals surface area contributed by atoms with Gasteiger partial charge in [0.2, 0.25) is 0 Å². The van der Waals surface area contributed by atoms with Crippen LogP contribution in [-0.2, 0) is 34.8 Å². The van der Waals surface area contributed by atoms with E-state index in [9.17, 15) is 4.79 Å². The van der Waals surface area contributed by atoms with Gasteiger partial charge in [-0.05, 0) is 51.8 Å². The van der Waals surface area contributed by atoms with Crippen molar-refractivity contribution < 1.29 is 33.2 Å². The molecule has 0 N–H and O–H groups in total. The lowest BCUT2D eigenvalue weighted by molar-refractivity contribution is -0.240. The van der Waals surface area contributed by atoms with E-state index in [-0.39, 0.29) is 12.7 Å². The van der Waals surface area contributed by atoms with E-state index in [4.69, 9.17) is 28.4 Å². The Kier molecular flexibility index (Phi) is 5.00. The van der Waals surface area contributed by atoms with E-state index in [1.807, 2.05) is 39.8 Å². The average molecular weight is 392 g/mol. The largest absolute Gasteiger partial charge is 0.459 e. The Morgan fingerprint density at radius 2 is 1.54 bits per heavy atom. The van der Waals surface area contributed by atoms with Gasteiger partial charge in [-0.2, -0.15) is 0 Å². The quantitative estimate of drug-likeness (QED) is 0.730. The first-order valence-corrected chi connectivity index (χ1v) is 9.80. The maximum Gasteiger partial charge on any atom is 0.338 e. The number of esters is 1. The van der Waals surface area contributed by atoms with Crippen molar-refractivity contribution in [2.75, 3.05) is 6.61 Å². The van der Waals surface area contributed by atoms with Crippen LogP contribution in [0.3, 0.4) is 0 Å². The number of hydrogen-bond acceptors (Lipinski definition) is 7. The summed E-state index contributed by atoms with van der Waals surface area (Å²) in [5.41, 5.74) is 1.67. The minimum Gasteiger partial charge on any atom is -0.459 e. The zero-order chi connectivity index (χ0) is 20.1. The smallest absolute Gasteiger partial charge is 0.338 e. The molecular weight excluding hydrogens is 364 g/mol. The third kappa shape index (κ3) is 3.82. The summed E-state index contributed by atoms with van der Waals surface area (Å²) in [6.07, 6.45) is -1.35. The van der Waals surface area contributed by atoms with Crippen LogP contribution in [0.15, 0.2) is 24.3 Å². The summed E-state index contributed by atoms with van der Waals surface area (Å²) in [4.78, 5) is 12.4. The van der Waals surface area contributed by atoms with Crippen molar-refractivity contribution >= 4 is 5.97 Å². The second-order valence-electron chi connectivity index (χ2n) is 8.36. The molecule has 1 aromatic carbocycles. The Balaban J connectivity index is 1.45. The summed E-state index contributed by atoms with van der Waals surface area (Å²) >= 11 is 0. The van der Waals surface area contributed by atoms with Crippen LogP contribution in [0.25, 0.3) is 0 Å². The molecule has 1 unspecified atom stereocenters. The summed E-state index contributed by atoms with van der Waals surface area (Å²) in [6.45, 7) is 9.47. The van der Waals surface area contributed by atoms with Crippen LogP contribution in [0.2, 0.25) is 0 Å². The highest BCUT2D eigenvalue weighted by atomic mass is 16.9. The molecule has 3 fully saturated rings. The molecule has 3 heterocycles. The Bertz CT molecular complexity index is 727. The van der Waals surface area contributed by atoms with Crippen molar-refractivity contribution in [1.29, 1.82) is 0 Å². The fourth-order valence-corrected chi connectivity index (χ4v) is 3.95. The zero-order valence-corrected chi connectivity index (χ0v) is 17.0. The van der Waals surface area contributed by atoms with E-state index >= 15 is 0 Å². The van der Waals surface area contributed by atoms with Gasteiger partial charge in [0.15, 0.2) is 17.9 Å². The highest BCUT2D eigenvalue weighted by molar-refractivity contribution is 5.89. The van der Waals surface area contributed by atoms with Crippen molar-refractivity contribution in [2.45, 2.75) is 83.3 Å². The molecule has 7 heteroatoms. The maximum absolute atomic E-state index is 12.4. The average Bonchev–Trinajstić information content (AvgIpc) is 3.13. The first kappa shape index (κ1) is 19.8. The molecule has 5 atom stereocenters. The molecule has 0 aliphatic carbocycles. The summed E-state index contributed by atoms with van der Waals surface area (Å²) in [5.74, 6) is -1.95. The lowest BCUT2D eigenvalue weighted by Crippen LogP contribution is -2.56. The van der Waals surface area contributed by atoms with Crippen LogP contribution in [0.5, 0.6) is 0 Å². The van der Waals surface area contributed by atoms with Crippen molar-refractivity contribution in [3.63, 3.8) is 0 Å². The lowest BCUT2D eigenvalue weighted by Gasteiger charge is -2.36. The standard InChI is InChI=1S/C21H28O7/c1-6-12-7-9-13(10-8-12)18(22)23-11-14-15-16(26-20(2,3)25-15)17-19(24-14)28-21(4,5)27-17/h7-10,14-17,19H,6,11H2,1-5H3/t14-,15-,16?,17+,19+/m0/s1. The zero-order valence-electron chi connectivity index (χ0n) is 17.0. The molecule has 0 saturated carbocycles. The molecule has 7 nitrogen and oxygen atoms in total. The molecule has 28 heavy (non-hydrogen) atoms. The van der Waals surface area contributed by atoms with Crippen LogP contribution >= 0.6 is 0 Å². The van der Waals surface area contributed by atoms with Gasteiger partial charge in [-0.25, -0.2) is 4.79 Å². The number of carbonyl (C=O) groups excluding carboxylic acids is 1. The van der Waals surface area contributed by atoms with E-state index in [1.165, 1.54) is 5.56 Å². The number of aryl methyl sites for hydroxylation is 1. The van der Waals surface area contributed by atoms with Gasteiger partial charge in [0.05, 0.1) is 5.56 Å². The predicted octanol–water partition coefficient (Wildman–Crippen LogP) is 2.80. The molecule has 3 aliphatic rings. The number of benzene rings is 1. The second-order valence-corrected chi connectivity index (χ2v) is 8.36. The van der Waals surface area contributed by atoms with Gasteiger partial charge in [-0.15, -0.1) is 0 Å². The Morgan fingerprint density at radius 1 is 0.929 bits per heavy atom. The minimum atomic E-state index is -0.776. The molecule has 4 rings (SSSR count). The first-order chi connectivity index (χ1) is 13.2. The molecule has 0 spiro atoms. The van der Waals surface area contributed by atoms with Crippen LogP contribution < -0.4 is 0 Å². The van der Waals surface area contributed by atoms with Crippen LogP contribution in [0.4, 0.5) is 0 Å². The number of hydrogen-bond donors (Lipinski definition) is 0. The Hall–Kier alpha value is -1.51. The molecule has 3 saturated heterocycles. The van der Waals surface area contributed by atoms with Crippen LogP contribution in [-0.4, -0.2) is 54.9 Å². The van der Waals surface area contributed by atoms with E-state index in [0.29, 0.717) is 5.56 Å². The fourth-order valence-electron chi connectivity index (χ4n) is 3.95. The molecular formula is C21H28O7. The van der Waals surface area contributed by atoms with Crippen molar-refractivity contribution in [3.8, 4) is 0 Å². The van der Waals surface area contributed by atoms with E-state index in [2.05, 4.69) is 6.92 Å². The van der Waals surface area contributed by atoms with Crippen LogP contribution in [0.1, 0.15) is 50.5 Å². The predicted molar refractivity (Wildman–Crippen MR) is 98.6 cm³/mol. The molecule has 0 aromatic heterocycles. The van der Waals surface area contributed by atoms with Gasteiger partial charge in [0.25, 0.3) is 0 Å². The molecule has 0 radical (unpaired) electrons. The van der Waals surface area contributed by atoms with E-state index in [1.54, 1.807) is 12.1 Å². The normalized spacial score (nSPS) is 35.2. The first-order valence-electron chi connectivity index (χ1n) is 9.80. The van der Waals surface area contributed by atoms with Gasteiger partial charge in [0, 0.05) is 0 Å². The maximum atomic E-state index is 12.4. The minimum absolute atomic E-state index is 0.0436. The summed E-state index contributed by atoms with van der Waals surface area (Å²) in [6, 6.07) is 7.40. The van der Waals surface area contributed by atoms with Gasteiger partial charge in [-0.1, -0.05) is 19.1 Å². The van der Waals surface area contributed by atoms with Crippen LogP contribution in [0, 0.1) is 0 Å². The summed E-state index contributed by atoms with van der Waals surface area (Å²) in [5, 5.41) is 0. The molecule has 3 aliphatic heterocycles. The number of ether oxygens (including phenoxy) is 6. The van der Waals surface area contributed by atoms with E-state index in [0.717, 1.165) is 6.42 Å². The molecule has 0 bridgehead atoms. The summed E-state index contributed by atoms with van der Waals surface area (Å²) < 4.78 is 35.5. The van der Waals surface area contributed by atoms with Gasteiger partial charge in [0.1, 0.15) is 31.0 Å². The fraction of sp³-hybridized carbons (Fsp3) is 0.667. The lowest BCUT2D eigenvalue weighted by atomic mass is 9.99. The van der Waals surface area contributed by atoms with Gasteiger partial charge < -0.3 is 28.4 Å². The third-order valence-corrected chi connectivity index (χ3v) is 5.23. The number of carbonyl (C=O) groups is 1. The molecule has 0 amide bonds. The third-order valence-electron chi connectivity index (χ3n) is 5.23. The Labute approximate surface area is 165 Å². The van der Waals surface area contributed by atoms with Crippen molar-refractivity contribution in [1.82, 2.24) is 0 Å². The van der Waals surface area contributed by atoms with E-state index < -0.39 is 42.1 Å². The molecule has 154 valence electrons. The summed E-state index contributed by atoms with van der Waals surface area (Å²) in [7, 11) is 0. The van der Waals surface area contributed by atoms with Crippen molar-refractivity contribution in [2.24, 2.45) is 0 Å². The topological polar surface area (TPSA) is 72.5 Å². The molecule has 1 aromatic rings. The highest BCUT2D eigenvalue weighted by Crippen LogP contribution is 2.44. The SMILES string of the molecule is CCc1ccc(C(=O)OC[C@@H]2O[C@@H]3OC(C)(C)O[C@@H]3C3OC(C)(C)O[C@H]32)cc1. The van der Waals surface area contributed by atoms with Gasteiger partial charge in [-0.3, -0.25) is 0 Å². The van der Waals surface area contributed by atoms with Crippen molar-refractivity contribution in [3.05, 3.63) is 35.4 Å². The Morgan fingerprint density at radius 3 is 2.21 bits per heavy atom. The second kappa shape index (κ2) is 7.07. The van der Waals surface area contributed by atoms with Gasteiger partial charge >= 0.3 is 5.97 Å².